The first-order chi connectivity index (χ1) is 9.47. The van der Waals surface area contributed by atoms with Crippen LogP contribution in [-0.2, 0) is 0 Å². The van der Waals surface area contributed by atoms with Crippen LogP contribution in [-0.4, -0.2) is 27.1 Å². The van der Waals surface area contributed by atoms with Crippen LogP contribution in [0.25, 0.3) is 0 Å². The van der Waals surface area contributed by atoms with Crippen LogP contribution >= 0.6 is 22.6 Å². The van der Waals surface area contributed by atoms with E-state index in [1.807, 2.05) is 22.6 Å². The van der Waals surface area contributed by atoms with Gasteiger partial charge in [-0.25, -0.2) is 4.79 Å². The number of aromatic carboxylic acids is 1. The van der Waals surface area contributed by atoms with E-state index in [0.717, 1.165) is 3.57 Å². The Bertz CT molecular complexity index is 688. The Morgan fingerprint density at radius 2 is 1.95 bits per heavy atom. The number of halogens is 1. The number of nitrogens with zero attached hydrogens (tertiary/aromatic N) is 1. The van der Waals surface area contributed by atoms with Gasteiger partial charge in [-0.1, -0.05) is 0 Å². The third kappa shape index (κ3) is 3.23. The smallest absolute Gasteiger partial charge is 0.337 e. The first-order valence-electron chi connectivity index (χ1n) is 5.45. The number of carbonyl (C=O) groups is 2. The van der Waals surface area contributed by atoms with Gasteiger partial charge in [-0.05, 0) is 46.9 Å². The number of nitrogens with one attached hydrogen (secondary N) is 1. The van der Waals surface area contributed by atoms with Crippen LogP contribution in [0, 0.1) is 3.57 Å². The summed E-state index contributed by atoms with van der Waals surface area (Å²) in [6.45, 7) is 0. The molecule has 7 heteroatoms. The van der Waals surface area contributed by atoms with Gasteiger partial charge in [0, 0.05) is 9.77 Å². The highest BCUT2D eigenvalue weighted by molar-refractivity contribution is 14.1. The Kier molecular flexibility index (Phi) is 4.18. The zero-order valence-corrected chi connectivity index (χ0v) is 12.2. The lowest BCUT2D eigenvalue weighted by atomic mass is 10.1. The minimum atomic E-state index is -1.13. The van der Waals surface area contributed by atoms with Gasteiger partial charge in [-0.2, -0.15) is 0 Å². The number of rotatable bonds is 3. The summed E-state index contributed by atoms with van der Waals surface area (Å²) in [6, 6.07) is 5.90. The Morgan fingerprint density at radius 3 is 2.60 bits per heavy atom. The van der Waals surface area contributed by atoms with Gasteiger partial charge in [0.2, 0.25) is 0 Å². The molecule has 0 aliphatic carbocycles. The normalized spacial score (nSPS) is 10.1. The SMILES string of the molecule is O=C(Nc1ccc(I)cc1C(=O)O)c1cncc(O)c1. The molecule has 0 atom stereocenters. The van der Waals surface area contributed by atoms with Crippen molar-refractivity contribution < 1.29 is 19.8 Å². The molecular weight excluding hydrogens is 375 g/mol. The van der Waals surface area contributed by atoms with Crippen molar-refractivity contribution >= 4 is 40.2 Å². The highest BCUT2D eigenvalue weighted by Crippen LogP contribution is 2.20. The molecule has 0 fully saturated rings. The molecule has 0 spiro atoms. The van der Waals surface area contributed by atoms with Gasteiger partial charge in [0.25, 0.3) is 5.91 Å². The maximum Gasteiger partial charge on any atom is 0.337 e. The van der Waals surface area contributed by atoms with E-state index in [4.69, 9.17) is 5.11 Å². The zero-order chi connectivity index (χ0) is 14.7. The number of aromatic hydroxyl groups is 1. The van der Waals surface area contributed by atoms with Gasteiger partial charge >= 0.3 is 5.97 Å². The topological polar surface area (TPSA) is 99.5 Å². The number of carboxylic acid groups (broad SMARTS) is 1. The molecule has 0 saturated heterocycles. The van der Waals surface area contributed by atoms with E-state index in [-0.39, 0.29) is 22.6 Å². The number of carbonyl (C=O) groups excluding carboxylic acids is 1. The molecule has 0 unspecified atom stereocenters. The number of pyridine rings is 1. The van der Waals surface area contributed by atoms with Crippen LogP contribution in [0.4, 0.5) is 5.69 Å². The van der Waals surface area contributed by atoms with Gasteiger partial charge in [-0.15, -0.1) is 0 Å². The molecule has 102 valence electrons. The third-order valence-electron chi connectivity index (χ3n) is 2.45. The Morgan fingerprint density at radius 1 is 1.20 bits per heavy atom. The van der Waals surface area contributed by atoms with E-state index in [9.17, 15) is 14.7 Å². The van der Waals surface area contributed by atoms with Crippen molar-refractivity contribution in [3.63, 3.8) is 0 Å². The summed E-state index contributed by atoms with van der Waals surface area (Å²) in [5, 5.41) is 20.9. The van der Waals surface area contributed by atoms with E-state index >= 15 is 0 Å². The van der Waals surface area contributed by atoms with Gasteiger partial charge in [0.05, 0.1) is 23.0 Å². The van der Waals surface area contributed by atoms with Gasteiger partial charge in [0.15, 0.2) is 0 Å². The van der Waals surface area contributed by atoms with Crippen molar-refractivity contribution in [2.75, 3.05) is 5.32 Å². The number of amides is 1. The average molecular weight is 384 g/mol. The van der Waals surface area contributed by atoms with Crippen LogP contribution in [0.15, 0.2) is 36.7 Å². The maximum atomic E-state index is 12.0. The predicted octanol–water partition coefficient (Wildman–Crippen LogP) is 2.34. The Balaban J connectivity index is 2.30. The molecular formula is C13H9IN2O4. The lowest BCUT2D eigenvalue weighted by Gasteiger charge is -2.09. The molecule has 0 saturated carbocycles. The van der Waals surface area contributed by atoms with E-state index in [2.05, 4.69) is 10.3 Å². The molecule has 2 aromatic rings. The molecule has 0 bridgehead atoms. The van der Waals surface area contributed by atoms with E-state index in [0.29, 0.717) is 0 Å². The van der Waals surface area contributed by atoms with Crippen LogP contribution < -0.4 is 5.32 Å². The van der Waals surface area contributed by atoms with Gasteiger partial charge in [-0.3, -0.25) is 9.78 Å². The molecule has 2 rings (SSSR count). The number of carboxylic acids is 1. The van der Waals surface area contributed by atoms with Crippen LogP contribution in [0.3, 0.4) is 0 Å². The summed E-state index contributed by atoms with van der Waals surface area (Å²) in [5.41, 5.74) is 0.324. The van der Waals surface area contributed by atoms with Crippen LogP contribution in [0.5, 0.6) is 5.75 Å². The first-order valence-corrected chi connectivity index (χ1v) is 6.53. The highest BCUT2D eigenvalue weighted by Gasteiger charge is 2.14. The standard InChI is InChI=1S/C13H9IN2O4/c14-8-1-2-11(10(4-8)13(19)20)16-12(18)7-3-9(17)6-15-5-7/h1-6,17H,(H,16,18)(H,19,20). The summed E-state index contributed by atoms with van der Waals surface area (Å²) in [7, 11) is 0. The van der Waals surface area contributed by atoms with Crippen molar-refractivity contribution in [3.8, 4) is 5.75 Å². The second-order valence-electron chi connectivity index (χ2n) is 3.88. The first kappa shape index (κ1) is 14.3. The summed E-state index contributed by atoms with van der Waals surface area (Å²) < 4.78 is 0.747. The minimum absolute atomic E-state index is 0.00152. The van der Waals surface area contributed by atoms with Crippen molar-refractivity contribution in [1.29, 1.82) is 0 Å². The quantitative estimate of drug-likeness (QED) is 0.706. The number of benzene rings is 1. The van der Waals surface area contributed by atoms with E-state index < -0.39 is 11.9 Å². The van der Waals surface area contributed by atoms with Crippen LogP contribution in [0.1, 0.15) is 20.7 Å². The molecule has 0 radical (unpaired) electrons. The second kappa shape index (κ2) is 5.87. The minimum Gasteiger partial charge on any atom is -0.506 e. The largest absolute Gasteiger partial charge is 0.506 e. The Hall–Kier alpha value is -2.16. The number of anilines is 1. The molecule has 1 heterocycles. The maximum absolute atomic E-state index is 12.0. The lowest BCUT2D eigenvalue weighted by Crippen LogP contribution is -2.15. The lowest BCUT2D eigenvalue weighted by molar-refractivity contribution is 0.0698. The van der Waals surface area contributed by atoms with Crippen molar-refractivity contribution in [3.05, 3.63) is 51.4 Å². The van der Waals surface area contributed by atoms with Gasteiger partial charge in [0.1, 0.15) is 5.75 Å². The number of hydrogen-bond acceptors (Lipinski definition) is 4. The zero-order valence-electron chi connectivity index (χ0n) is 10.0. The number of hydrogen-bond donors (Lipinski definition) is 3. The van der Waals surface area contributed by atoms with E-state index in [1.54, 1.807) is 6.07 Å². The average Bonchev–Trinajstić information content (AvgIpc) is 2.40. The monoisotopic (exact) mass is 384 g/mol. The highest BCUT2D eigenvalue weighted by atomic mass is 127. The molecule has 6 nitrogen and oxygen atoms in total. The fraction of sp³-hybridized carbons (Fsp3) is 0. The van der Waals surface area contributed by atoms with E-state index in [1.165, 1.54) is 30.6 Å². The summed E-state index contributed by atoms with van der Waals surface area (Å²) in [6.07, 6.45) is 2.48. The molecule has 20 heavy (non-hydrogen) atoms. The van der Waals surface area contributed by atoms with Gasteiger partial charge < -0.3 is 15.5 Å². The predicted molar refractivity (Wildman–Crippen MR) is 80.0 cm³/mol. The molecule has 1 aromatic carbocycles. The molecule has 1 amide bonds. The summed E-state index contributed by atoms with van der Waals surface area (Å²) >= 11 is 1.99. The molecule has 0 aliphatic rings. The number of aromatic nitrogens is 1. The molecule has 0 aliphatic heterocycles. The Labute approximate surface area is 127 Å². The third-order valence-corrected chi connectivity index (χ3v) is 3.12. The summed E-state index contributed by atoms with van der Waals surface area (Å²) in [4.78, 5) is 26.8. The molecule has 1 aromatic heterocycles. The van der Waals surface area contributed by atoms with Crippen molar-refractivity contribution in [1.82, 2.24) is 4.98 Å². The van der Waals surface area contributed by atoms with Crippen LogP contribution in [0.2, 0.25) is 0 Å². The molecule has 3 N–H and O–H groups in total. The summed E-state index contributed by atoms with van der Waals surface area (Å²) in [5.74, 6) is -1.82. The fourth-order valence-corrected chi connectivity index (χ4v) is 2.04. The fourth-order valence-electron chi connectivity index (χ4n) is 1.55. The second-order valence-corrected chi connectivity index (χ2v) is 5.13. The van der Waals surface area contributed by atoms with Crippen molar-refractivity contribution in [2.45, 2.75) is 0 Å². The van der Waals surface area contributed by atoms with Crippen molar-refractivity contribution in [2.24, 2.45) is 0 Å².